The van der Waals surface area contributed by atoms with E-state index in [-0.39, 0.29) is 6.42 Å². The van der Waals surface area contributed by atoms with Crippen LogP contribution >= 0.6 is 0 Å². The smallest absolute Gasteiger partial charge is 0.277 e. The molecule has 0 saturated heterocycles. The van der Waals surface area contributed by atoms with Crippen LogP contribution in [0, 0.1) is 6.92 Å². The van der Waals surface area contributed by atoms with Crippen LogP contribution in [0.1, 0.15) is 11.1 Å². The molecule has 0 fully saturated rings. The minimum atomic E-state index is -3.04. The highest BCUT2D eigenvalue weighted by Crippen LogP contribution is 2.09. The second-order valence-corrected chi connectivity index (χ2v) is 4.00. The van der Waals surface area contributed by atoms with E-state index in [2.05, 4.69) is 5.32 Å². The molecule has 0 saturated carbocycles. The molecule has 1 aromatic carbocycles. The number of amides is 1. The third-order valence-electron chi connectivity index (χ3n) is 2.29. The lowest BCUT2D eigenvalue weighted by Crippen LogP contribution is -2.42. The monoisotopic (exact) mass is 242 g/mol. The molecular formula is C12H16F2N2O. The fourth-order valence-corrected chi connectivity index (χ4v) is 1.37. The predicted octanol–water partition coefficient (Wildman–Crippen LogP) is 1.25. The van der Waals surface area contributed by atoms with Gasteiger partial charge in [0.15, 0.2) is 0 Å². The summed E-state index contributed by atoms with van der Waals surface area (Å²) in [5.74, 6) is -3.47. The Morgan fingerprint density at radius 3 is 2.76 bits per heavy atom. The summed E-state index contributed by atoms with van der Waals surface area (Å²) in [5, 5.41) is 2.17. The molecule has 0 atom stereocenters. The van der Waals surface area contributed by atoms with Crippen LogP contribution in [0.3, 0.4) is 0 Å². The van der Waals surface area contributed by atoms with Gasteiger partial charge in [0.2, 0.25) is 5.91 Å². The van der Waals surface area contributed by atoms with Gasteiger partial charge in [0.05, 0.1) is 19.5 Å². The molecule has 1 aromatic rings. The van der Waals surface area contributed by atoms with E-state index in [0.717, 1.165) is 11.1 Å². The normalized spacial score (nSPS) is 11.3. The van der Waals surface area contributed by atoms with E-state index in [0.29, 0.717) is 0 Å². The van der Waals surface area contributed by atoms with E-state index in [9.17, 15) is 13.6 Å². The molecular weight excluding hydrogens is 226 g/mol. The summed E-state index contributed by atoms with van der Waals surface area (Å²) in [4.78, 5) is 11.4. The van der Waals surface area contributed by atoms with Gasteiger partial charge in [-0.05, 0) is 12.5 Å². The van der Waals surface area contributed by atoms with Crippen LogP contribution in [-0.2, 0) is 11.2 Å². The number of rotatable bonds is 5. The van der Waals surface area contributed by atoms with Crippen molar-refractivity contribution in [2.45, 2.75) is 19.3 Å². The fraction of sp³-hybridized carbons (Fsp3) is 0.417. The highest BCUT2D eigenvalue weighted by atomic mass is 19.3. The minimum Gasteiger partial charge on any atom is -0.350 e. The second-order valence-electron chi connectivity index (χ2n) is 4.00. The first-order valence-corrected chi connectivity index (χ1v) is 5.33. The average molecular weight is 242 g/mol. The van der Waals surface area contributed by atoms with E-state index in [1.807, 2.05) is 25.1 Å². The number of halogens is 2. The summed E-state index contributed by atoms with van der Waals surface area (Å²) >= 11 is 0. The van der Waals surface area contributed by atoms with Gasteiger partial charge in [-0.15, -0.1) is 0 Å². The third kappa shape index (κ3) is 4.91. The van der Waals surface area contributed by atoms with Gasteiger partial charge >= 0.3 is 0 Å². The van der Waals surface area contributed by atoms with Gasteiger partial charge in [-0.1, -0.05) is 29.8 Å². The van der Waals surface area contributed by atoms with Crippen molar-refractivity contribution in [1.29, 1.82) is 0 Å². The van der Waals surface area contributed by atoms with Gasteiger partial charge in [0.1, 0.15) is 0 Å². The van der Waals surface area contributed by atoms with Gasteiger partial charge in [-0.2, -0.15) is 0 Å². The standard InChI is InChI=1S/C12H16F2N2O/c1-9-3-2-4-10(5-9)6-11(17)16-8-12(13,14)7-15/h2-5H,6-8,15H2,1H3,(H,16,17). The van der Waals surface area contributed by atoms with E-state index in [1.54, 1.807) is 6.07 Å². The van der Waals surface area contributed by atoms with Crippen LogP contribution in [-0.4, -0.2) is 24.9 Å². The first-order valence-electron chi connectivity index (χ1n) is 5.33. The minimum absolute atomic E-state index is 0.0995. The molecule has 1 rings (SSSR count). The number of hydrogen-bond donors (Lipinski definition) is 2. The van der Waals surface area contributed by atoms with Crippen LogP contribution in [0.2, 0.25) is 0 Å². The van der Waals surface area contributed by atoms with Gasteiger partial charge in [-0.25, -0.2) is 8.78 Å². The summed E-state index contributed by atoms with van der Waals surface area (Å²) in [6.07, 6.45) is 0.0995. The maximum atomic E-state index is 12.8. The zero-order chi connectivity index (χ0) is 12.9. The SMILES string of the molecule is Cc1cccc(CC(=O)NCC(F)(F)CN)c1. The lowest BCUT2D eigenvalue weighted by Gasteiger charge is -2.14. The number of benzene rings is 1. The van der Waals surface area contributed by atoms with E-state index < -0.39 is 24.9 Å². The molecule has 3 N–H and O–H groups in total. The van der Waals surface area contributed by atoms with Gasteiger partial charge in [0.25, 0.3) is 5.92 Å². The van der Waals surface area contributed by atoms with E-state index >= 15 is 0 Å². The van der Waals surface area contributed by atoms with Crippen molar-refractivity contribution in [3.63, 3.8) is 0 Å². The number of carbonyl (C=O) groups is 1. The number of alkyl halides is 2. The molecule has 17 heavy (non-hydrogen) atoms. The van der Waals surface area contributed by atoms with E-state index in [1.165, 1.54) is 0 Å². The van der Waals surface area contributed by atoms with Gasteiger partial charge in [-0.3, -0.25) is 4.79 Å². The molecule has 0 aliphatic rings. The van der Waals surface area contributed by atoms with Crippen molar-refractivity contribution in [2.24, 2.45) is 5.73 Å². The first-order chi connectivity index (χ1) is 7.93. The summed E-state index contributed by atoms with van der Waals surface area (Å²) in [5.41, 5.74) is 6.70. The topological polar surface area (TPSA) is 55.1 Å². The highest BCUT2D eigenvalue weighted by molar-refractivity contribution is 5.78. The number of carbonyl (C=O) groups excluding carboxylic acids is 1. The highest BCUT2D eigenvalue weighted by Gasteiger charge is 2.26. The Balaban J connectivity index is 2.45. The molecule has 0 heterocycles. The van der Waals surface area contributed by atoms with Crippen LogP contribution in [0.15, 0.2) is 24.3 Å². The largest absolute Gasteiger partial charge is 0.350 e. The lowest BCUT2D eigenvalue weighted by atomic mass is 10.1. The molecule has 0 aliphatic carbocycles. The van der Waals surface area contributed by atoms with Crippen molar-refractivity contribution in [2.75, 3.05) is 13.1 Å². The quantitative estimate of drug-likeness (QED) is 0.816. The van der Waals surface area contributed by atoms with Crippen molar-refractivity contribution >= 4 is 5.91 Å². The molecule has 94 valence electrons. The Morgan fingerprint density at radius 1 is 1.47 bits per heavy atom. The van der Waals surface area contributed by atoms with Crippen molar-refractivity contribution in [3.05, 3.63) is 35.4 Å². The first kappa shape index (κ1) is 13.6. The maximum absolute atomic E-state index is 12.8. The molecule has 0 radical (unpaired) electrons. The van der Waals surface area contributed by atoms with Gasteiger partial charge in [0, 0.05) is 0 Å². The summed E-state index contributed by atoms with van der Waals surface area (Å²) in [6, 6.07) is 7.37. The number of nitrogens with one attached hydrogen (secondary N) is 1. The average Bonchev–Trinajstić information content (AvgIpc) is 2.27. The molecule has 5 heteroatoms. The Kier molecular flexibility index (Phi) is 4.57. The maximum Gasteiger partial charge on any atom is 0.277 e. The number of nitrogens with two attached hydrogens (primary N) is 1. The second kappa shape index (κ2) is 5.72. The number of aryl methyl sites for hydroxylation is 1. The summed E-state index contributed by atoms with van der Waals surface area (Å²) < 4.78 is 25.6. The fourth-order valence-electron chi connectivity index (χ4n) is 1.37. The Hall–Kier alpha value is -1.49. The van der Waals surface area contributed by atoms with Crippen LogP contribution in [0.25, 0.3) is 0 Å². The van der Waals surface area contributed by atoms with Crippen molar-refractivity contribution in [3.8, 4) is 0 Å². The molecule has 3 nitrogen and oxygen atoms in total. The molecule has 1 amide bonds. The van der Waals surface area contributed by atoms with Crippen LogP contribution < -0.4 is 11.1 Å². The summed E-state index contributed by atoms with van der Waals surface area (Å²) in [7, 11) is 0. The van der Waals surface area contributed by atoms with Crippen molar-refractivity contribution in [1.82, 2.24) is 5.32 Å². The van der Waals surface area contributed by atoms with Crippen molar-refractivity contribution < 1.29 is 13.6 Å². The Labute approximate surface area is 99.0 Å². The predicted molar refractivity (Wildman–Crippen MR) is 61.9 cm³/mol. The van der Waals surface area contributed by atoms with E-state index in [4.69, 9.17) is 5.73 Å². The third-order valence-corrected chi connectivity index (χ3v) is 2.29. The lowest BCUT2D eigenvalue weighted by molar-refractivity contribution is -0.122. The molecule has 0 unspecified atom stereocenters. The van der Waals surface area contributed by atoms with Crippen LogP contribution in [0.4, 0.5) is 8.78 Å². The summed E-state index contributed by atoms with van der Waals surface area (Å²) in [6.45, 7) is 0.426. The molecule has 0 aliphatic heterocycles. The molecule has 0 spiro atoms. The zero-order valence-electron chi connectivity index (χ0n) is 9.67. The Morgan fingerprint density at radius 2 is 2.18 bits per heavy atom. The van der Waals surface area contributed by atoms with Gasteiger partial charge < -0.3 is 11.1 Å². The number of hydrogen-bond acceptors (Lipinski definition) is 2. The Bertz CT molecular complexity index is 394. The zero-order valence-corrected chi connectivity index (χ0v) is 9.67. The van der Waals surface area contributed by atoms with Crippen LogP contribution in [0.5, 0.6) is 0 Å². The molecule has 0 bridgehead atoms. The molecule has 0 aromatic heterocycles.